The van der Waals surface area contributed by atoms with Crippen LogP contribution in [-0.4, -0.2) is 26.6 Å². The summed E-state index contributed by atoms with van der Waals surface area (Å²) in [7, 11) is -3.70. The monoisotopic (exact) mass is 406 g/mol. The molecule has 0 spiro atoms. The van der Waals surface area contributed by atoms with E-state index in [9.17, 15) is 17.6 Å². The van der Waals surface area contributed by atoms with Gasteiger partial charge in [-0.2, -0.15) is 0 Å². The maximum absolute atomic E-state index is 13.1. The van der Waals surface area contributed by atoms with Gasteiger partial charge in [-0.05, 0) is 62.1 Å². The smallest absolute Gasteiger partial charge is 0.244 e. The third kappa shape index (κ3) is 5.10. The summed E-state index contributed by atoms with van der Waals surface area (Å²) in [6.07, 6.45) is 1.41. The fraction of sp³-hybridized carbons (Fsp3) is 0.381. The van der Waals surface area contributed by atoms with Crippen LogP contribution in [0.15, 0.2) is 42.5 Å². The van der Waals surface area contributed by atoms with Crippen molar-refractivity contribution in [1.82, 2.24) is 5.32 Å². The highest BCUT2D eigenvalue weighted by molar-refractivity contribution is 7.92. The second-order valence-electron chi connectivity index (χ2n) is 7.05. The number of benzene rings is 2. The fourth-order valence-corrected chi connectivity index (χ4v) is 4.40. The molecule has 0 saturated heterocycles. The molecule has 0 heterocycles. The van der Waals surface area contributed by atoms with Crippen molar-refractivity contribution in [2.75, 3.05) is 10.6 Å². The molecule has 2 aromatic carbocycles. The normalized spacial score (nSPS) is 13.6. The second-order valence-corrected chi connectivity index (χ2v) is 8.91. The van der Waals surface area contributed by atoms with Crippen LogP contribution in [0, 0.1) is 19.7 Å². The molecule has 2 rings (SSSR count). The first kappa shape index (κ1) is 21.9. The first-order valence-electron chi connectivity index (χ1n) is 9.17. The van der Waals surface area contributed by atoms with Crippen LogP contribution in [0.5, 0.6) is 0 Å². The number of rotatable bonds is 7. The van der Waals surface area contributed by atoms with Gasteiger partial charge in [0.2, 0.25) is 15.9 Å². The van der Waals surface area contributed by atoms with Crippen molar-refractivity contribution in [3.63, 3.8) is 0 Å². The van der Waals surface area contributed by atoms with E-state index in [4.69, 9.17) is 0 Å². The zero-order valence-electron chi connectivity index (χ0n) is 16.9. The Kier molecular flexibility index (Phi) is 6.82. The highest BCUT2D eigenvalue weighted by atomic mass is 32.2. The molecule has 0 radical (unpaired) electrons. The van der Waals surface area contributed by atoms with Gasteiger partial charge in [0, 0.05) is 0 Å². The SMILES string of the molecule is CC[C@H](C(=O)N[C@@H](C)c1ccc(F)cc1)N(c1cc(C)ccc1C)S(C)(=O)=O. The number of hydrogen-bond donors (Lipinski definition) is 1. The van der Waals surface area contributed by atoms with E-state index in [1.54, 1.807) is 32.0 Å². The van der Waals surface area contributed by atoms with Crippen molar-refractivity contribution < 1.29 is 17.6 Å². The van der Waals surface area contributed by atoms with Crippen molar-refractivity contribution in [1.29, 1.82) is 0 Å². The summed E-state index contributed by atoms with van der Waals surface area (Å²) in [6, 6.07) is 10.1. The van der Waals surface area contributed by atoms with Crippen LogP contribution in [0.2, 0.25) is 0 Å². The molecule has 0 aliphatic rings. The molecule has 2 aromatic rings. The van der Waals surface area contributed by atoms with Crippen molar-refractivity contribution >= 4 is 21.6 Å². The molecule has 0 bridgehead atoms. The molecule has 0 fully saturated rings. The number of hydrogen-bond acceptors (Lipinski definition) is 3. The Morgan fingerprint density at radius 1 is 1.14 bits per heavy atom. The van der Waals surface area contributed by atoms with Crippen molar-refractivity contribution in [3.05, 3.63) is 65.0 Å². The number of sulfonamides is 1. The highest BCUT2D eigenvalue weighted by Crippen LogP contribution is 2.28. The van der Waals surface area contributed by atoms with Crippen LogP contribution in [-0.2, 0) is 14.8 Å². The quantitative estimate of drug-likeness (QED) is 0.759. The minimum atomic E-state index is -3.70. The van der Waals surface area contributed by atoms with Crippen LogP contribution in [0.1, 0.15) is 43.0 Å². The first-order chi connectivity index (χ1) is 13.0. The Hall–Kier alpha value is -2.41. The highest BCUT2D eigenvalue weighted by Gasteiger charge is 2.33. The zero-order valence-corrected chi connectivity index (χ0v) is 17.7. The summed E-state index contributed by atoms with van der Waals surface area (Å²) in [5.41, 5.74) is 2.92. The number of amides is 1. The molecular formula is C21H27FN2O3S. The summed E-state index contributed by atoms with van der Waals surface area (Å²) in [5.74, 6) is -0.752. The molecule has 28 heavy (non-hydrogen) atoms. The molecule has 1 amide bonds. The van der Waals surface area contributed by atoms with E-state index in [0.717, 1.165) is 22.9 Å². The largest absolute Gasteiger partial charge is 0.348 e. The third-order valence-corrected chi connectivity index (χ3v) is 5.83. The van der Waals surface area contributed by atoms with E-state index in [0.29, 0.717) is 12.1 Å². The number of carbonyl (C=O) groups excluding carboxylic acids is 1. The predicted molar refractivity (Wildman–Crippen MR) is 110 cm³/mol. The van der Waals surface area contributed by atoms with Gasteiger partial charge in [0.25, 0.3) is 0 Å². The summed E-state index contributed by atoms with van der Waals surface area (Å²) in [4.78, 5) is 13.0. The molecule has 152 valence electrons. The van der Waals surface area contributed by atoms with Crippen LogP contribution in [0.4, 0.5) is 10.1 Å². The molecule has 5 nitrogen and oxygen atoms in total. The number of nitrogens with zero attached hydrogens (tertiary/aromatic N) is 1. The number of halogens is 1. The van der Waals surface area contributed by atoms with Crippen molar-refractivity contribution in [2.24, 2.45) is 0 Å². The zero-order chi connectivity index (χ0) is 21.1. The Morgan fingerprint density at radius 3 is 2.29 bits per heavy atom. The van der Waals surface area contributed by atoms with Gasteiger partial charge < -0.3 is 5.32 Å². The Labute approximate surface area is 166 Å². The number of anilines is 1. The van der Waals surface area contributed by atoms with E-state index in [1.807, 2.05) is 26.0 Å². The summed E-state index contributed by atoms with van der Waals surface area (Å²) in [5, 5.41) is 2.86. The van der Waals surface area contributed by atoms with E-state index in [1.165, 1.54) is 16.4 Å². The summed E-state index contributed by atoms with van der Waals surface area (Å²) in [6.45, 7) is 7.25. The van der Waals surface area contributed by atoms with Gasteiger partial charge in [0.15, 0.2) is 0 Å². The van der Waals surface area contributed by atoms with Gasteiger partial charge >= 0.3 is 0 Å². The second kappa shape index (κ2) is 8.73. The molecule has 0 aliphatic carbocycles. The number of nitrogens with one attached hydrogen (secondary N) is 1. The Bertz CT molecular complexity index is 943. The average Bonchev–Trinajstić information content (AvgIpc) is 2.61. The summed E-state index contributed by atoms with van der Waals surface area (Å²) >= 11 is 0. The number of carbonyl (C=O) groups is 1. The van der Waals surface area contributed by atoms with Crippen LogP contribution in [0.25, 0.3) is 0 Å². The maximum atomic E-state index is 13.1. The van der Waals surface area contributed by atoms with Gasteiger partial charge in [-0.15, -0.1) is 0 Å². The lowest BCUT2D eigenvalue weighted by Gasteiger charge is -2.32. The van der Waals surface area contributed by atoms with Crippen molar-refractivity contribution in [3.8, 4) is 0 Å². The van der Waals surface area contributed by atoms with Gasteiger partial charge in [0.1, 0.15) is 11.9 Å². The molecular weight excluding hydrogens is 379 g/mol. The minimum absolute atomic E-state index is 0.308. The molecule has 2 atom stereocenters. The van der Waals surface area contributed by atoms with Gasteiger partial charge in [0.05, 0.1) is 18.0 Å². The van der Waals surface area contributed by atoms with Crippen LogP contribution < -0.4 is 9.62 Å². The molecule has 7 heteroatoms. The lowest BCUT2D eigenvalue weighted by Crippen LogP contribution is -2.50. The van der Waals surface area contributed by atoms with Gasteiger partial charge in [-0.3, -0.25) is 9.10 Å². The molecule has 1 N–H and O–H groups in total. The minimum Gasteiger partial charge on any atom is -0.348 e. The molecule has 0 unspecified atom stereocenters. The van der Waals surface area contributed by atoms with Crippen LogP contribution in [0.3, 0.4) is 0 Å². The lowest BCUT2D eigenvalue weighted by atomic mass is 10.1. The molecule has 0 aromatic heterocycles. The Morgan fingerprint density at radius 2 is 1.75 bits per heavy atom. The topological polar surface area (TPSA) is 66.5 Å². The molecule has 0 saturated carbocycles. The van der Waals surface area contributed by atoms with E-state index in [2.05, 4.69) is 5.32 Å². The van der Waals surface area contributed by atoms with Gasteiger partial charge in [-0.1, -0.05) is 31.2 Å². The maximum Gasteiger partial charge on any atom is 0.244 e. The summed E-state index contributed by atoms with van der Waals surface area (Å²) < 4.78 is 39.5. The average molecular weight is 407 g/mol. The van der Waals surface area contributed by atoms with Gasteiger partial charge in [-0.25, -0.2) is 12.8 Å². The lowest BCUT2D eigenvalue weighted by molar-refractivity contribution is -0.122. The standard InChI is InChI=1S/C21H27FN2O3S/c1-6-19(21(25)23-16(4)17-9-11-18(22)12-10-17)24(28(5,26)27)20-13-14(2)7-8-15(20)3/h7-13,16,19H,6H2,1-5H3,(H,23,25)/t16-,19+/m0/s1. The van der Waals surface area contributed by atoms with E-state index < -0.39 is 22.0 Å². The van der Waals surface area contributed by atoms with E-state index in [-0.39, 0.29) is 11.9 Å². The predicted octanol–water partition coefficient (Wildman–Crippen LogP) is 3.86. The first-order valence-corrected chi connectivity index (χ1v) is 11.0. The van der Waals surface area contributed by atoms with Crippen molar-refractivity contribution in [2.45, 2.75) is 46.2 Å². The molecule has 0 aliphatic heterocycles. The third-order valence-electron chi connectivity index (χ3n) is 4.66. The fourth-order valence-electron chi connectivity index (χ4n) is 3.14. The van der Waals surface area contributed by atoms with E-state index >= 15 is 0 Å². The van der Waals surface area contributed by atoms with Crippen LogP contribution >= 0.6 is 0 Å². The Balaban J connectivity index is 2.36. The number of aryl methyl sites for hydroxylation is 2.